The van der Waals surface area contributed by atoms with Crippen molar-refractivity contribution in [3.05, 3.63) is 71.4 Å². The second-order valence-electron chi connectivity index (χ2n) is 12.8. The molecule has 0 bridgehead atoms. The number of carbonyl (C=O) groups excluding carboxylic acids is 3. The van der Waals surface area contributed by atoms with E-state index in [1.807, 2.05) is 57.3 Å². The Labute approximate surface area is 313 Å². The molecular formula is C39H56N6O8. The average molecular weight is 737 g/mol. The molecule has 0 aliphatic carbocycles. The highest BCUT2D eigenvalue weighted by atomic mass is 16.6. The number of nitrogens with one attached hydrogen (secondary N) is 1. The van der Waals surface area contributed by atoms with Crippen LogP contribution in [0, 0.1) is 0 Å². The minimum atomic E-state index is -0.775. The third-order valence-electron chi connectivity index (χ3n) is 8.08. The predicted molar refractivity (Wildman–Crippen MR) is 207 cm³/mol. The van der Waals surface area contributed by atoms with Crippen LogP contribution in [-0.4, -0.2) is 121 Å². The molecule has 14 nitrogen and oxygen atoms in total. The molecule has 3 N–H and O–H groups in total. The van der Waals surface area contributed by atoms with Gasteiger partial charge in [0.25, 0.3) is 11.8 Å². The van der Waals surface area contributed by atoms with Crippen molar-refractivity contribution in [3.8, 4) is 0 Å². The molecule has 290 valence electrons. The third-order valence-corrected chi connectivity index (χ3v) is 8.08. The van der Waals surface area contributed by atoms with Gasteiger partial charge in [0.05, 0.1) is 71.1 Å². The molecule has 3 rings (SSSR count). The Kier molecular flexibility index (Phi) is 19.4. The Hall–Kier alpha value is -4.47. The van der Waals surface area contributed by atoms with Crippen molar-refractivity contribution in [1.29, 1.82) is 0 Å². The fraction of sp³-hybridized carbons (Fsp3) is 0.513. The number of carbonyl (C=O) groups is 3. The van der Waals surface area contributed by atoms with Crippen LogP contribution in [-0.2, 0) is 39.8 Å². The van der Waals surface area contributed by atoms with Gasteiger partial charge < -0.3 is 39.6 Å². The highest BCUT2D eigenvalue weighted by molar-refractivity contribution is 6.13. The fourth-order valence-electron chi connectivity index (χ4n) is 5.39. The molecule has 2 aromatic carbocycles. The summed E-state index contributed by atoms with van der Waals surface area (Å²) < 4.78 is 27.2. The first-order valence-electron chi connectivity index (χ1n) is 18.1. The van der Waals surface area contributed by atoms with E-state index in [0.29, 0.717) is 82.8 Å². The summed E-state index contributed by atoms with van der Waals surface area (Å²) in [5, 5.41) is 3.00. The van der Waals surface area contributed by atoms with Gasteiger partial charge in [0.1, 0.15) is 5.70 Å². The standard InChI is InChI=1S/C39H56N6O8/c1-29(2)53-36(46)14-18-49-20-22-51-24-25-52-23-21-50-19-17-44(5)28-31-10-9-11-32(26-31)39(48)43-35-13-12-33(45-15-7-6-8-16-45)27-34(35)38(41-4)42-30(3)37(40)47/h9-13,26-27,29H,3-4,6-8,14-25,28H2,1-2,5H3,(H2,40,47)(H,43,48). The SMILES string of the molecule is C=NC(=NC(=C)C(N)=O)c1cc(N2CCCCC2)ccc1NC(=O)c1cccc(CN(C)CCOCCOCCOCCOCCC(=O)OC(C)C)c1. The van der Waals surface area contributed by atoms with E-state index in [1.54, 1.807) is 6.07 Å². The number of nitrogens with two attached hydrogens (primary N) is 1. The quantitative estimate of drug-likeness (QED) is 0.0524. The van der Waals surface area contributed by atoms with Crippen LogP contribution in [0.25, 0.3) is 0 Å². The average Bonchev–Trinajstić information content (AvgIpc) is 3.14. The first kappa shape index (κ1) is 42.9. The van der Waals surface area contributed by atoms with E-state index in [0.717, 1.165) is 37.2 Å². The highest BCUT2D eigenvalue weighted by Crippen LogP contribution is 2.28. The number of piperidine rings is 1. The van der Waals surface area contributed by atoms with Crippen molar-refractivity contribution >= 4 is 41.7 Å². The number of benzene rings is 2. The van der Waals surface area contributed by atoms with E-state index in [-0.39, 0.29) is 35.9 Å². The summed E-state index contributed by atoms with van der Waals surface area (Å²) in [6.45, 7) is 17.5. The molecule has 2 amide bonds. The smallest absolute Gasteiger partial charge is 0.308 e. The third kappa shape index (κ3) is 16.4. The van der Waals surface area contributed by atoms with Gasteiger partial charge in [-0.1, -0.05) is 18.7 Å². The van der Waals surface area contributed by atoms with Crippen LogP contribution in [0.5, 0.6) is 0 Å². The molecule has 1 aliphatic rings. The second kappa shape index (κ2) is 24.0. The maximum absolute atomic E-state index is 13.5. The zero-order valence-electron chi connectivity index (χ0n) is 31.5. The van der Waals surface area contributed by atoms with E-state index >= 15 is 0 Å². The van der Waals surface area contributed by atoms with Gasteiger partial charge in [-0.05, 0) is 82.8 Å². The van der Waals surface area contributed by atoms with Gasteiger partial charge in [0, 0.05) is 43.0 Å². The zero-order valence-corrected chi connectivity index (χ0v) is 31.5. The van der Waals surface area contributed by atoms with Crippen LogP contribution in [0.3, 0.4) is 0 Å². The number of hydrogen-bond acceptors (Lipinski definition) is 11. The van der Waals surface area contributed by atoms with Crippen LogP contribution in [0.1, 0.15) is 61.0 Å². The van der Waals surface area contributed by atoms with E-state index in [1.165, 1.54) is 6.42 Å². The number of ether oxygens (including phenoxy) is 5. The number of aliphatic imine (C=N–C) groups is 2. The Morgan fingerprint density at radius 3 is 2.17 bits per heavy atom. The van der Waals surface area contributed by atoms with Gasteiger partial charge in [0.2, 0.25) is 0 Å². The molecule has 14 heteroatoms. The summed E-state index contributed by atoms with van der Waals surface area (Å²) in [7, 11) is 1.99. The van der Waals surface area contributed by atoms with Gasteiger partial charge in [-0.2, -0.15) is 0 Å². The van der Waals surface area contributed by atoms with E-state index in [4.69, 9.17) is 29.4 Å². The monoisotopic (exact) mass is 736 g/mol. The first-order valence-corrected chi connectivity index (χ1v) is 18.1. The number of likely N-dealkylation sites (N-methyl/N-ethyl adjacent to an activating group) is 1. The maximum atomic E-state index is 13.5. The van der Waals surface area contributed by atoms with Crippen LogP contribution in [0.4, 0.5) is 11.4 Å². The normalized spacial score (nSPS) is 13.3. The molecular weight excluding hydrogens is 680 g/mol. The van der Waals surface area contributed by atoms with Gasteiger partial charge in [-0.3, -0.25) is 19.3 Å². The second-order valence-corrected chi connectivity index (χ2v) is 12.8. The molecule has 1 aliphatic heterocycles. The molecule has 0 aromatic heterocycles. The number of amides is 2. The van der Waals surface area contributed by atoms with Crippen LogP contribution in [0.15, 0.2) is 64.7 Å². The summed E-state index contributed by atoms with van der Waals surface area (Å²) in [5.74, 6) is -1.21. The van der Waals surface area contributed by atoms with Gasteiger partial charge >= 0.3 is 5.97 Å². The fourth-order valence-corrected chi connectivity index (χ4v) is 5.39. The van der Waals surface area contributed by atoms with E-state index in [9.17, 15) is 14.4 Å². The molecule has 1 heterocycles. The first-order chi connectivity index (χ1) is 25.6. The molecule has 1 fully saturated rings. The lowest BCUT2D eigenvalue weighted by Gasteiger charge is -2.29. The van der Waals surface area contributed by atoms with Crippen molar-refractivity contribution < 1.29 is 38.1 Å². The summed E-state index contributed by atoms with van der Waals surface area (Å²) >= 11 is 0. The molecule has 1 saturated heterocycles. The minimum absolute atomic E-state index is 0.122. The zero-order chi connectivity index (χ0) is 38.4. The Bertz CT molecular complexity index is 1530. The van der Waals surface area contributed by atoms with Crippen LogP contribution in [0.2, 0.25) is 0 Å². The molecule has 0 atom stereocenters. The number of esters is 1. The molecule has 0 radical (unpaired) electrons. The number of hydrogen-bond donors (Lipinski definition) is 2. The largest absolute Gasteiger partial charge is 0.463 e. The van der Waals surface area contributed by atoms with Crippen molar-refractivity contribution in [2.75, 3.05) is 89.8 Å². The highest BCUT2D eigenvalue weighted by Gasteiger charge is 2.18. The summed E-state index contributed by atoms with van der Waals surface area (Å²) in [6, 6.07) is 13.1. The number of primary amides is 1. The van der Waals surface area contributed by atoms with Gasteiger partial charge in [-0.15, -0.1) is 0 Å². The van der Waals surface area contributed by atoms with Gasteiger partial charge in [0.15, 0.2) is 5.84 Å². The lowest BCUT2D eigenvalue weighted by molar-refractivity contribution is -0.148. The number of amidine groups is 1. The summed E-state index contributed by atoms with van der Waals surface area (Å²) in [6.07, 6.45) is 3.49. The Morgan fingerprint density at radius 2 is 1.55 bits per heavy atom. The minimum Gasteiger partial charge on any atom is -0.463 e. The topological polar surface area (TPSA) is 167 Å². The predicted octanol–water partition coefficient (Wildman–Crippen LogP) is 4.22. The van der Waals surface area contributed by atoms with Crippen LogP contribution < -0.4 is 16.0 Å². The Morgan fingerprint density at radius 1 is 0.906 bits per heavy atom. The van der Waals surface area contributed by atoms with Gasteiger partial charge in [-0.25, -0.2) is 9.98 Å². The van der Waals surface area contributed by atoms with Crippen LogP contribution >= 0.6 is 0 Å². The summed E-state index contributed by atoms with van der Waals surface area (Å²) in [4.78, 5) is 49.3. The van der Waals surface area contributed by atoms with Crippen molar-refractivity contribution in [2.45, 2.75) is 52.2 Å². The molecule has 0 spiro atoms. The molecule has 53 heavy (non-hydrogen) atoms. The Balaban J connectivity index is 1.41. The van der Waals surface area contributed by atoms with Crippen molar-refractivity contribution in [3.63, 3.8) is 0 Å². The molecule has 0 unspecified atom stereocenters. The van der Waals surface area contributed by atoms with Crippen molar-refractivity contribution in [2.24, 2.45) is 15.7 Å². The molecule has 2 aromatic rings. The number of anilines is 2. The van der Waals surface area contributed by atoms with Crippen molar-refractivity contribution in [1.82, 2.24) is 4.90 Å². The molecule has 0 saturated carbocycles. The maximum Gasteiger partial charge on any atom is 0.308 e. The number of nitrogens with zero attached hydrogens (tertiary/aromatic N) is 4. The van der Waals surface area contributed by atoms with E-state index in [2.05, 4.69) is 38.4 Å². The van der Waals surface area contributed by atoms with E-state index < -0.39 is 5.91 Å². The lowest BCUT2D eigenvalue weighted by atomic mass is 10.1. The number of rotatable bonds is 24. The lowest BCUT2D eigenvalue weighted by Crippen LogP contribution is -2.29. The summed E-state index contributed by atoms with van der Waals surface area (Å²) in [5.41, 5.74) is 8.62.